The second-order valence-corrected chi connectivity index (χ2v) is 12.2. The average Bonchev–Trinajstić information content (AvgIpc) is 3.14. The molecule has 1 aromatic carbocycles. The summed E-state index contributed by atoms with van der Waals surface area (Å²) >= 11 is 0. The lowest BCUT2D eigenvalue weighted by molar-refractivity contribution is 0.0525. The Labute approximate surface area is 199 Å². The molecule has 2 aromatic rings. The molecule has 0 atom stereocenters. The van der Waals surface area contributed by atoms with Crippen LogP contribution in [-0.2, 0) is 16.6 Å². The number of benzene rings is 1. The molecule has 0 aliphatic carbocycles. The lowest BCUT2D eigenvalue weighted by atomic mass is 9.71. The minimum absolute atomic E-state index is 0.261. The molecule has 1 aromatic heterocycles. The SMILES string of the molecule is Cc1cc(S(=O)(=O)N2CCC3(CCN(Cc4ccccc4OCC(C)C)CC3)CC2)c(C)o1. The van der Waals surface area contributed by atoms with Gasteiger partial charge in [-0.25, -0.2) is 8.42 Å². The summed E-state index contributed by atoms with van der Waals surface area (Å²) in [5.74, 6) is 2.63. The molecule has 0 amide bonds. The molecular formula is C26H38N2O4S. The van der Waals surface area contributed by atoms with Crippen LogP contribution < -0.4 is 4.74 Å². The van der Waals surface area contributed by atoms with Crippen molar-refractivity contribution >= 4 is 10.0 Å². The molecule has 2 fully saturated rings. The standard InChI is InChI=1S/C26H38N2O4S/c1-20(2)19-31-24-8-6-5-7-23(24)18-27-13-9-26(10-14-27)11-15-28(16-12-26)33(29,30)25-17-21(3)32-22(25)4/h5-8,17,20H,9-16,18-19H2,1-4H3. The fourth-order valence-electron chi connectivity index (χ4n) is 5.16. The highest BCUT2D eigenvalue weighted by Gasteiger charge is 2.41. The number of ether oxygens (including phenoxy) is 1. The Morgan fingerprint density at radius 1 is 1.03 bits per heavy atom. The van der Waals surface area contributed by atoms with Crippen LogP contribution in [0.15, 0.2) is 39.6 Å². The van der Waals surface area contributed by atoms with Gasteiger partial charge in [-0.3, -0.25) is 4.90 Å². The van der Waals surface area contributed by atoms with E-state index in [4.69, 9.17) is 9.15 Å². The summed E-state index contributed by atoms with van der Waals surface area (Å²) in [6.07, 6.45) is 4.12. The number of piperidine rings is 2. The molecule has 33 heavy (non-hydrogen) atoms. The number of likely N-dealkylation sites (tertiary alicyclic amines) is 1. The first-order valence-corrected chi connectivity index (χ1v) is 13.6. The maximum atomic E-state index is 13.1. The molecule has 0 saturated carbocycles. The van der Waals surface area contributed by atoms with Crippen molar-refractivity contribution in [3.63, 3.8) is 0 Å². The molecule has 0 bridgehead atoms. The van der Waals surface area contributed by atoms with Gasteiger partial charge in [0.25, 0.3) is 0 Å². The Kier molecular flexibility index (Phi) is 7.22. The zero-order valence-corrected chi connectivity index (χ0v) is 21.3. The summed E-state index contributed by atoms with van der Waals surface area (Å²) < 4.78 is 39.4. The summed E-state index contributed by atoms with van der Waals surface area (Å²) in [6, 6.07) is 10.0. The quantitative estimate of drug-likeness (QED) is 0.565. The molecule has 182 valence electrons. The first-order valence-electron chi connectivity index (χ1n) is 12.2. The van der Waals surface area contributed by atoms with E-state index in [0.29, 0.717) is 35.4 Å². The third kappa shape index (κ3) is 5.47. The topological polar surface area (TPSA) is 63.0 Å². The second kappa shape index (κ2) is 9.80. The van der Waals surface area contributed by atoms with Crippen molar-refractivity contribution < 1.29 is 17.6 Å². The number of nitrogens with zero attached hydrogens (tertiary/aromatic N) is 2. The maximum Gasteiger partial charge on any atom is 0.246 e. The first kappa shape index (κ1) is 24.3. The zero-order chi connectivity index (χ0) is 23.6. The van der Waals surface area contributed by atoms with Gasteiger partial charge in [0.1, 0.15) is 22.2 Å². The van der Waals surface area contributed by atoms with Gasteiger partial charge in [-0.15, -0.1) is 0 Å². The van der Waals surface area contributed by atoms with E-state index in [1.807, 2.05) is 6.07 Å². The number of hydrogen-bond donors (Lipinski definition) is 0. The van der Waals surface area contributed by atoms with E-state index in [1.54, 1.807) is 24.2 Å². The van der Waals surface area contributed by atoms with E-state index in [2.05, 4.69) is 36.9 Å². The van der Waals surface area contributed by atoms with Gasteiger partial charge in [0.15, 0.2) is 0 Å². The molecule has 2 aliphatic rings. The van der Waals surface area contributed by atoms with E-state index in [-0.39, 0.29) is 5.41 Å². The lowest BCUT2D eigenvalue weighted by Gasteiger charge is -2.46. The van der Waals surface area contributed by atoms with Gasteiger partial charge in [-0.05, 0) is 76.1 Å². The van der Waals surface area contributed by atoms with Gasteiger partial charge in [-0.2, -0.15) is 4.31 Å². The molecule has 2 saturated heterocycles. The fourth-order valence-corrected chi connectivity index (χ4v) is 6.82. The van der Waals surface area contributed by atoms with Gasteiger partial charge in [0, 0.05) is 25.2 Å². The van der Waals surface area contributed by atoms with Gasteiger partial charge in [0.2, 0.25) is 10.0 Å². The lowest BCUT2D eigenvalue weighted by Crippen LogP contribution is -2.48. The van der Waals surface area contributed by atoms with Crippen LogP contribution in [0, 0.1) is 25.2 Å². The molecule has 4 rings (SSSR count). The third-order valence-electron chi connectivity index (χ3n) is 7.25. The van der Waals surface area contributed by atoms with Gasteiger partial charge in [0.05, 0.1) is 6.61 Å². The van der Waals surface area contributed by atoms with Gasteiger partial charge in [-0.1, -0.05) is 32.0 Å². The number of para-hydroxylation sites is 1. The largest absolute Gasteiger partial charge is 0.493 e. The van der Waals surface area contributed by atoms with E-state index >= 15 is 0 Å². The van der Waals surface area contributed by atoms with Gasteiger partial charge < -0.3 is 9.15 Å². The number of furan rings is 1. The number of aryl methyl sites for hydroxylation is 2. The molecule has 7 heteroatoms. The number of sulfonamides is 1. The Morgan fingerprint density at radius 2 is 1.67 bits per heavy atom. The van der Waals surface area contributed by atoms with E-state index in [9.17, 15) is 8.42 Å². The highest BCUT2D eigenvalue weighted by atomic mass is 32.2. The Bertz CT molecular complexity index is 1040. The third-order valence-corrected chi connectivity index (χ3v) is 9.26. The number of rotatable bonds is 7. The predicted molar refractivity (Wildman–Crippen MR) is 130 cm³/mol. The maximum absolute atomic E-state index is 13.1. The van der Waals surface area contributed by atoms with E-state index in [0.717, 1.165) is 57.7 Å². The van der Waals surface area contributed by atoms with Crippen LogP contribution in [0.25, 0.3) is 0 Å². The van der Waals surface area contributed by atoms with Crippen molar-refractivity contribution in [3.05, 3.63) is 47.4 Å². The first-order chi connectivity index (χ1) is 15.7. The number of hydrogen-bond acceptors (Lipinski definition) is 5. The molecule has 1 spiro atoms. The van der Waals surface area contributed by atoms with E-state index in [1.165, 1.54) is 5.56 Å². The van der Waals surface area contributed by atoms with Crippen LogP contribution >= 0.6 is 0 Å². The van der Waals surface area contributed by atoms with Crippen LogP contribution in [0.3, 0.4) is 0 Å². The monoisotopic (exact) mass is 474 g/mol. The predicted octanol–water partition coefficient (Wildman–Crippen LogP) is 5.00. The molecule has 0 radical (unpaired) electrons. The van der Waals surface area contributed by atoms with Crippen molar-refractivity contribution in [1.82, 2.24) is 9.21 Å². The molecule has 0 N–H and O–H groups in total. The summed E-state index contributed by atoms with van der Waals surface area (Å²) in [5, 5.41) is 0. The highest BCUT2D eigenvalue weighted by molar-refractivity contribution is 7.89. The highest BCUT2D eigenvalue weighted by Crippen LogP contribution is 2.43. The van der Waals surface area contributed by atoms with Gasteiger partial charge >= 0.3 is 0 Å². The van der Waals surface area contributed by atoms with Crippen LogP contribution in [-0.4, -0.2) is 50.4 Å². The van der Waals surface area contributed by atoms with Crippen molar-refractivity contribution in [3.8, 4) is 5.75 Å². The Hall–Kier alpha value is -1.83. The molecular weight excluding hydrogens is 436 g/mol. The summed E-state index contributed by atoms with van der Waals surface area (Å²) in [6.45, 7) is 12.8. The van der Waals surface area contributed by atoms with E-state index < -0.39 is 10.0 Å². The van der Waals surface area contributed by atoms with Crippen molar-refractivity contribution in [2.24, 2.45) is 11.3 Å². The van der Waals surface area contributed by atoms with Crippen molar-refractivity contribution in [1.29, 1.82) is 0 Å². The molecule has 6 nitrogen and oxygen atoms in total. The molecule has 2 aliphatic heterocycles. The van der Waals surface area contributed by atoms with Crippen LogP contribution in [0.4, 0.5) is 0 Å². The normalized spacial score (nSPS) is 19.9. The Balaban J connectivity index is 1.32. The second-order valence-electron chi connectivity index (χ2n) is 10.3. The zero-order valence-electron chi connectivity index (χ0n) is 20.5. The Morgan fingerprint density at radius 3 is 2.27 bits per heavy atom. The summed E-state index contributed by atoms with van der Waals surface area (Å²) in [7, 11) is -3.48. The minimum Gasteiger partial charge on any atom is -0.493 e. The van der Waals surface area contributed by atoms with Crippen LogP contribution in [0.1, 0.15) is 56.6 Å². The molecule has 3 heterocycles. The summed E-state index contributed by atoms with van der Waals surface area (Å²) in [5.41, 5.74) is 1.51. The molecule has 0 unspecified atom stereocenters. The van der Waals surface area contributed by atoms with Crippen molar-refractivity contribution in [2.75, 3.05) is 32.8 Å². The minimum atomic E-state index is -3.48. The fraction of sp³-hybridized carbons (Fsp3) is 0.615. The average molecular weight is 475 g/mol. The summed E-state index contributed by atoms with van der Waals surface area (Å²) in [4.78, 5) is 2.84. The van der Waals surface area contributed by atoms with Crippen molar-refractivity contribution in [2.45, 2.75) is 64.8 Å². The smallest absolute Gasteiger partial charge is 0.246 e. The van der Waals surface area contributed by atoms with Crippen LogP contribution in [0.2, 0.25) is 0 Å². The van der Waals surface area contributed by atoms with Crippen LogP contribution in [0.5, 0.6) is 5.75 Å².